The molecule has 0 aromatic carbocycles. The molecule has 1 amide bonds. The number of imidazole rings is 1. The molecular weight excluding hydrogens is 242 g/mol. The molecule has 0 saturated heterocycles. The molecule has 0 bridgehead atoms. The van der Waals surface area contributed by atoms with Gasteiger partial charge in [-0.15, -0.1) is 10.2 Å². The van der Waals surface area contributed by atoms with E-state index < -0.39 is 11.9 Å². The molecule has 10 nitrogen and oxygen atoms in total. The summed E-state index contributed by atoms with van der Waals surface area (Å²) in [7, 11) is 0. The zero-order valence-corrected chi connectivity index (χ0v) is 9.07. The minimum atomic E-state index is -1.09. The third-order valence-electron chi connectivity index (χ3n) is 2.06. The number of tetrazole rings is 1. The predicted octanol–water partition coefficient (Wildman–Crippen LogP) is -1.48. The molecule has 0 fully saturated rings. The minimum Gasteiger partial charge on any atom is -0.476 e. The molecule has 0 radical (unpaired) electrons. The van der Waals surface area contributed by atoms with Crippen LogP contribution in [0.2, 0.25) is 0 Å². The third kappa shape index (κ3) is 2.66. The Balaban J connectivity index is 1.81. The molecule has 0 atom stereocenters. The average Bonchev–Trinajstić information content (AvgIpc) is 3.00. The third-order valence-corrected chi connectivity index (χ3v) is 2.06. The van der Waals surface area contributed by atoms with Crippen LogP contribution in [-0.2, 0) is 6.54 Å². The molecule has 0 aliphatic rings. The first-order chi connectivity index (χ1) is 8.66. The number of hydrogen-bond acceptors (Lipinski definition) is 6. The fourth-order valence-corrected chi connectivity index (χ4v) is 1.23. The summed E-state index contributed by atoms with van der Waals surface area (Å²) >= 11 is 0. The fourth-order valence-electron chi connectivity index (χ4n) is 1.23. The lowest BCUT2D eigenvalue weighted by Crippen LogP contribution is -2.28. The van der Waals surface area contributed by atoms with Gasteiger partial charge in [0.1, 0.15) is 0 Å². The first kappa shape index (κ1) is 11.7. The first-order valence-corrected chi connectivity index (χ1v) is 4.93. The number of aromatic carboxylic acids is 1. The van der Waals surface area contributed by atoms with Crippen molar-refractivity contribution >= 4 is 11.9 Å². The zero-order valence-electron chi connectivity index (χ0n) is 9.07. The Hall–Kier alpha value is -2.78. The Bertz CT molecular complexity index is 547. The van der Waals surface area contributed by atoms with Crippen LogP contribution < -0.4 is 5.32 Å². The van der Waals surface area contributed by atoms with Gasteiger partial charge in [-0.05, 0) is 5.21 Å². The highest BCUT2D eigenvalue weighted by molar-refractivity contribution is 5.89. The Kier molecular flexibility index (Phi) is 3.27. The van der Waals surface area contributed by atoms with Gasteiger partial charge in [0.25, 0.3) is 11.7 Å². The molecule has 2 aromatic rings. The maximum absolute atomic E-state index is 11.4. The fraction of sp³-hybridized carbons (Fsp3) is 0.250. The van der Waals surface area contributed by atoms with Crippen LogP contribution in [0, 0.1) is 0 Å². The van der Waals surface area contributed by atoms with Crippen molar-refractivity contribution in [2.75, 3.05) is 6.54 Å². The number of nitrogens with zero attached hydrogens (tertiary/aromatic N) is 5. The lowest BCUT2D eigenvalue weighted by atomic mass is 10.5. The number of carbonyl (C=O) groups is 2. The Morgan fingerprint density at radius 2 is 2.33 bits per heavy atom. The normalized spacial score (nSPS) is 10.2. The van der Waals surface area contributed by atoms with E-state index in [1.165, 1.54) is 12.5 Å². The van der Waals surface area contributed by atoms with Crippen molar-refractivity contribution in [3.05, 3.63) is 24.0 Å². The van der Waals surface area contributed by atoms with E-state index in [1.807, 2.05) is 0 Å². The van der Waals surface area contributed by atoms with Gasteiger partial charge in [0, 0.05) is 19.3 Å². The summed E-state index contributed by atoms with van der Waals surface area (Å²) in [5.41, 5.74) is -0.0421. The molecule has 0 aliphatic heterocycles. The smallest absolute Gasteiger partial charge is 0.356 e. The van der Waals surface area contributed by atoms with Crippen LogP contribution in [0.1, 0.15) is 21.1 Å². The molecule has 10 heteroatoms. The van der Waals surface area contributed by atoms with Crippen molar-refractivity contribution < 1.29 is 14.7 Å². The number of aromatic amines is 1. The molecule has 2 heterocycles. The summed E-state index contributed by atoms with van der Waals surface area (Å²) in [4.78, 5) is 25.6. The molecular formula is C8H9N7O3. The van der Waals surface area contributed by atoms with E-state index in [-0.39, 0.29) is 11.5 Å². The van der Waals surface area contributed by atoms with E-state index in [9.17, 15) is 9.59 Å². The monoisotopic (exact) mass is 251 g/mol. The highest BCUT2D eigenvalue weighted by atomic mass is 16.4. The number of nitrogens with one attached hydrogen (secondary N) is 2. The van der Waals surface area contributed by atoms with Crippen molar-refractivity contribution in [1.82, 2.24) is 35.5 Å². The molecule has 3 N–H and O–H groups in total. The Labute approximate surface area is 100 Å². The second-order valence-corrected chi connectivity index (χ2v) is 3.29. The molecule has 0 unspecified atom stereocenters. The number of hydrogen-bond donors (Lipinski definition) is 3. The number of rotatable bonds is 5. The van der Waals surface area contributed by atoms with Gasteiger partial charge in [-0.2, -0.15) is 5.21 Å². The predicted molar refractivity (Wildman–Crippen MR) is 55.7 cm³/mol. The van der Waals surface area contributed by atoms with E-state index in [2.05, 4.69) is 30.9 Å². The molecule has 94 valence electrons. The quantitative estimate of drug-likeness (QED) is 0.589. The van der Waals surface area contributed by atoms with Crippen molar-refractivity contribution in [2.24, 2.45) is 0 Å². The van der Waals surface area contributed by atoms with Gasteiger partial charge in [-0.25, -0.2) is 9.78 Å². The molecule has 0 spiro atoms. The summed E-state index contributed by atoms with van der Waals surface area (Å²) in [5, 5.41) is 23.7. The van der Waals surface area contributed by atoms with Gasteiger partial charge < -0.3 is 15.0 Å². The molecule has 2 aromatic heterocycles. The van der Waals surface area contributed by atoms with Gasteiger partial charge in [0.05, 0.1) is 6.33 Å². The van der Waals surface area contributed by atoms with Crippen molar-refractivity contribution in [3.8, 4) is 0 Å². The Morgan fingerprint density at radius 3 is 2.94 bits per heavy atom. The number of carboxylic acids is 1. The van der Waals surface area contributed by atoms with Crippen LogP contribution >= 0.6 is 0 Å². The maximum Gasteiger partial charge on any atom is 0.356 e. The summed E-state index contributed by atoms with van der Waals surface area (Å²) in [6.07, 6.45) is 2.76. The van der Waals surface area contributed by atoms with Crippen molar-refractivity contribution in [1.29, 1.82) is 0 Å². The number of carboxylic acid groups (broad SMARTS) is 1. The van der Waals surface area contributed by atoms with E-state index in [4.69, 9.17) is 5.11 Å². The molecule has 2 rings (SSSR count). The lowest BCUT2D eigenvalue weighted by molar-refractivity contribution is 0.0690. The standard InChI is InChI=1S/C8H9N7O3/c16-7(6-11-13-14-12-6)9-1-2-15-3-5(8(17)18)10-4-15/h3-4H,1-2H2,(H,9,16)(H,17,18)(H,11,12,13,14). The van der Waals surface area contributed by atoms with Crippen molar-refractivity contribution in [2.45, 2.75) is 6.54 Å². The summed E-state index contributed by atoms with van der Waals surface area (Å²) in [6.45, 7) is 0.687. The van der Waals surface area contributed by atoms with E-state index in [0.717, 1.165) is 0 Å². The van der Waals surface area contributed by atoms with Gasteiger partial charge in [0.15, 0.2) is 5.69 Å². The first-order valence-electron chi connectivity index (χ1n) is 4.93. The number of H-pyrrole nitrogens is 1. The second kappa shape index (κ2) is 5.03. The molecule has 18 heavy (non-hydrogen) atoms. The summed E-state index contributed by atoms with van der Waals surface area (Å²) in [5.74, 6) is -1.60. The highest BCUT2D eigenvalue weighted by Crippen LogP contribution is 1.95. The highest BCUT2D eigenvalue weighted by Gasteiger charge is 2.10. The maximum atomic E-state index is 11.4. The van der Waals surface area contributed by atoms with Gasteiger partial charge in [-0.1, -0.05) is 0 Å². The topological polar surface area (TPSA) is 139 Å². The SMILES string of the molecule is O=C(O)c1cn(CCNC(=O)c2nn[nH]n2)cn1. The van der Waals surface area contributed by atoms with Crippen LogP contribution in [0.15, 0.2) is 12.5 Å². The number of aromatic nitrogens is 6. The van der Waals surface area contributed by atoms with Crippen LogP contribution in [0.25, 0.3) is 0 Å². The van der Waals surface area contributed by atoms with E-state index >= 15 is 0 Å². The zero-order chi connectivity index (χ0) is 13.0. The average molecular weight is 251 g/mol. The van der Waals surface area contributed by atoms with Gasteiger partial charge in [0.2, 0.25) is 0 Å². The minimum absolute atomic E-state index is 0.0421. The molecule has 0 aliphatic carbocycles. The second-order valence-electron chi connectivity index (χ2n) is 3.29. The summed E-state index contributed by atoms with van der Waals surface area (Å²) < 4.78 is 1.56. The van der Waals surface area contributed by atoms with E-state index in [0.29, 0.717) is 13.1 Å². The number of amides is 1. The van der Waals surface area contributed by atoms with Crippen LogP contribution in [0.5, 0.6) is 0 Å². The Morgan fingerprint density at radius 1 is 1.50 bits per heavy atom. The van der Waals surface area contributed by atoms with Crippen molar-refractivity contribution in [3.63, 3.8) is 0 Å². The van der Waals surface area contributed by atoms with Crippen LogP contribution in [-0.4, -0.2) is 53.7 Å². The lowest BCUT2D eigenvalue weighted by Gasteiger charge is -2.02. The summed E-state index contributed by atoms with van der Waals surface area (Å²) in [6, 6.07) is 0. The van der Waals surface area contributed by atoms with Crippen LogP contribution in [0.3, 0.4) is 0 Å². The van der Waals surface area contributed by atoms with E-state index in [1.54, 1.807) is 4.57 Å². The molecule has 0 saturated carbocycles. The van der Waals surface area contributed by atoms with Crippen LogP contribution in [0.4, 0.5) is 0 Å². The van der Waals surface area contributed by atoms with Gasteiger partial charge in [-0.3, -0.25) is 4.79 Å². The number of carbonyl (C=O) groups excluding carboxylic acids is 1. The largest absolute Gasteiger partial charge is 0.476 e. The van der Waals surface area contributed by atoms with Gasteiger partial charge >= 0.3 is 5.97 Å².